The van der Waals surface area contributed by atoms with E-state index in [1.54, 1.807) is 6.92 Å². The second kappa shape index (κ2) is 5.81. The lowest BCUT2D eigenvalue weighted by Gasteiger charge is -2.23. The van der Waals surface area contributed by atoms with Gasteiger partial charge in [0.25, 0.3) is 5.91 Å². The summed E-state index contributed by atoms with van der Waals surface area (Å²) in [5.74, 6) is -0.691. The summed E-state index contributed by atoms with van der Waals surface area (Å²) in [4.78, 5) is 16.5. The fraction of sp³-hybridized carbons (Fsp3) is 0.455. The molecule has 0 bridgehead atoms. The minimum absolute atomic E-state index is 0.0219. The van der Waals surface area contributed by atoms with Gasteiger partial charge in [-0.25, -0.2) is 0 Å². The van der Waals surface area contributed by atoms with Crippen molar-refractivity contribution in [1.29, 1.82) is 0 Å². The molecule has 0 atom stereocenters. The first-order chi connectivity index (χ1) is 8.33. The molecular formula is C11H14F3N3O. The van der Waals surface area contributed by atoms with Gasteiger partial charge >= 0.3 is 6.18 Å². The van der Waals surface area contributed by atoms with E-state index >= 15 is 0 Å². The number of aromatic nitrogens is 1. The molecule has 0 radical (unpaired) electrons. The van der Waals surface area contributed by atoms with Crippen LogP contribution in [0.4, 0.5) is 13.2 Å². The molecule has 2 N–H and O–H groups in total. The number of nitrogens with zero attached hydrogens (tertiary/aromatic N) is 2. The maximum absolute atomic E-state index is 12.3. The number of nitrogens with two attached hydrogens (primary N) is 1. The summed E-state index contributed by atoms with van der Waals surface area (Å²) in [5.41, 5.74) is 5.97. The van der Waals surface area contributed by atoms with Gasteiger partial charge in [-0.2, -0.15) is 13.2 Å². The Morgan fingerprint density at radius 1 is 1.50 bits per heavy atom. The van der Waals surface area contributed by atoms with E-state index < -0.39 is 18.6 Å². The number of pyridine rings is 1. The van der Waals surface area contributed by atoms with Crippen LogP contribution >= 0.6 is 0 Å². The molecule has 4 nitrogen and oxygen atoms in total. The lowest BCUT2D eigenvalue weighted by Crippen LogP contribution is -2.41. The number of amides is 1. The Balaban J connectivity index is 2.89. The van der Waals surface area contributed by atoms with Gasteiger partial charge in [-0.15, -0.1) is 0 Å². The van der Waals surface area contributed by atoms with Gasteiger partial charge in [0.05, 0.1) is 0 Å². The number of carbonyl (C=O) groups excluding carboxylic acids is 1. The first-order valence-corrected chi connectivity index (χ1v) is 5.32. The van der Waals surface area contributed by atoms with E-state index in [1.165, 1.54) is 18.3 Å². The van der Waals surface area contributed by atoms with Gasteiger partial charge in [-0.1, -0.05) is 0 Å². The molecule has 1 aromatic heterocycles. The predicted octanol–water partition coefficient (Wildman–Crippen LogP) is 1.35. The molecule has 0 fully saturated rings. The molecule has 0 aliphatic rings. The van der Waals surface area contributed by atoms with Crippen molar-refractivity contribution in [3.05, 3.63) is 29.6 Å². The van der Waals surface area contributed by atoms with Crippen molar-refractivity contribution >= 4 is 5.91 Å². The van der Waals surface area contributed by atoms with Crippen molar-refractivity contribution in [2.45, 2.75) is 13.1 Å². The Labute approximate surface area is 103 Å². The topological polar surface area (TPSA) is 59.2 Å². The summed E-state index contributed by atoms with van der Waals surface area (Å²) in [5, 5.41) is 0. The molecule has 0 aromatic carbocycles. The highest BCUT2D eigenvalue weighted by Crippen LogP contribution is 2.18. The van der Waals surface area contributed by atoms with Gasteiger partial charge < -0.3 is 10.6 Å². The summed E-state index contributed by atoms with van der Waals surface area (Å²) < 4.78 is 37.0. The highest BCUT2D eigenvalue weighted by atomic mass is 19.4. The Hall–Kier alpha value is -1.63. The van der Waals surface area contributed by atoms with Crippen LogP contribution in [0.2, 0.25) is 0 Å². The Morgan fingerprint density at radius 3 is 2.67 bits per heavy atom. The van der Waals surface area contributed by atoms with Crippen molar-refractivity contribution in [1.82, 2.24) is 9.88 Å². The van der Waals surface area contributed by atoms with Crippen molar-refractivity contribution in [2.75, 3.05) is 19.6 Å². The zero-order valence-corrected chi connectivity index (χ0v) is 9.87. The van der Waals surface area contributed by atoms with Gasteiger partial charge in [-0.05, 0) is 19.1 Å². The van der Waals surface area contributed by atoms with Crippen LogP contribution in [0.3, 0.4) is 0 Å². The van der Waals surface area contributed by atoms with Crippen LogP contribution in [0.5, 0.6) is 0 Å². The predicted molar refractivity (Wildman–Crippen MR) is 60.0 cm³/mol. The van der Waals surface area contributed by atoms with Crippen LogP contribution in [0.1, 0.15) is 16.1 Å². The second-order valence-electron chi connectivity index (χ2n) is 3.82. The van der Waals surface area contributed by atoms with Crippen LogP contribution in [-0.2, 0) is 0 Å². The zero-order chi connectivity index (χ0) is 13.8. The summed E-state index contributed by atoms with van der Waals surface area (Å²) in [7, 11) is 0. The number of alkyl halides is 3. The maximum atomic E-state index is 12.3. The SMILES string of the molecule is Cc1cc(C(=O)N(CCN)CC(F)(F)F)ccn1. The molecule has 0 aliphatic carbocycles. The molecule has 0 saturated carbocycles. The van der Waals surface area contributed by atoms with Crippen LogP contribution < -0.4 is 5.73 Å². The first-order valence-electron chi connectivity index (χ1n) is 5.32. The summed E-state index contributed by atoms with van der Waals surface area (Å²) in [6, 6.07) is 2.83. The molecule has 1 aromatic rings. The molecule has 1 heterocycles. The maximum Gasteiger partial charge on any atom is 0.406 e. The smallest absolute Gasteiger partial charge is 0.329 e. The molecular weight excluding hydrogens is 247 g/mol. The third kappa shape index (κ3) is 4.33. The first kappa shape index (κ1) is 14.4. The molecule has 0 aliphatic heterocycles. The summed E-state index contributed by atoms with van der Waals surface area (Å²) >= 11 is 0. The van der Waals surface area contributed by atoms with Gasteiger partial charge in [-0.3, -0.25) is 9.78 Å². The average Bonchev–Trinajstić information content (AvgIpc) is 2.26. The third-order valence-corrected chi connectivity index (χ3v) is 2.20. The quantitative estimate of drug-likeness (QED) is 0.890. The van der Waals surface area contributed by atoms with Gasteiger partial charge in [0.15, 0.2) is 0 Å². The van der Waals surface area contributed by atoms with Crippen molar-refractivity contribution < 1.29 is 18.0 Å². The molecule has 1 amide bonds. The molecule has 100 valence electrons. The fourth-order valence-electron chi connectivity index (χ4n) is 1.49. The Bertz CT molecular complexity index is 420. The summed E-state index contributed by atoms with van der Waals surface area (Å²) in [6.45, 7) is 0.198. The van der Waals surface area contributed by atoms with Gasteiger partial charge in [0, 0.05) is 30.5 Å². The Kier molecular flexibility index (Phi) is 4.66. The Morgan fingerprint density at radius 2 is 2.17 bits per heavy atom. The van der Waals surface area contributed by atoms with E-state index in [9.17, 15) is 18.0 Å². The van der Waals surface area contributed by atoms with Crippen molar-refractivity contribution in [3.8, 4) is 0 Å². The number of rotatable bonds is 4. The van der Waals surface area contributed by atoms with Gasteiger partial charge in [0.1, 0.15) is 6.54 Å². The van der Waals surface area contributed by atoms with Gasteiger partial charge in [0.2, 0.25) is 0 Å². The number of carbonyl (C=O) groups is 1. The summed E-state index contributed by atoms with van der Waals surface area (Å²) in [6.07, 6.45) is -3.05. The van der Waals surface area contributed by atoms with E-state index in [1.807, 2.05) is 0 Å². The van der Waals surface area contributed by atoms with E-state index in [0.717, 1.165) is 0 Å². The second-order valence-corrected chi connectivity index (χ2v) is 3.82. The third-order valence-electron chi connectivity index (χ3n) is 2.20. The van der Waals surface area contributed by atoms with Crippen LogP contribution in [0.25, 0.3) is 0 Å². The largest absolute Gasteiger partial charge is 0.406 e. The lowest BCUT2D eigenvalue weighted by molar-refractivity contribution is -0.140. The minimum Gasteiger partial charge on any atom is -0.329 e. The minimum atomic E-state index is -4.44. The fourth-order valence-corrected chi connectivity index (χ4v) is 1.49. The monoisotopic (exact) mass is 261 g/mol. The normalized spacial score (nSPS) is 11.4. The highest BCUT2D eigenvalue weighted by molar-refractivity contribution is 5.94. The molecule has 0 saturated heterocycles. The van der Waals surface area contributed by atoms with Crippen molar-refractivity contribution in [2.24, 2.45) is 5.73 Å². The molecule has 0 unspecified atom stereocenters. The lowest BCUT2D eigenvalue weighted by atomic mass is 10.2. The molecule has 18 heavy (non-hydrogen) atoms. The molecule has 1 rings (SSSR count). The number of aryl methyl sites for hydroxylation is 1. The number of hydrogen-bond donors (Lipinski definition) is 1. The van der Waals surface area contributed by atoms with Crippen molar-refractivity contribution in [3.63, 3.8) is 0 Å². The zero-order valence-electron chi connectivity index (χ0n) is 9.87. The van der Waals surface area contributed by atoms with E-state index in [4.69, 9.17) is 5.73 Å². The van der Waals surface area contributed by atoms with E-state index in [0.29, 0.717) is 10.6 Å². The average molecular weight is 261 g/mol. The number of hydrogen-bond acceptors (Lipinski definition) is 3. The van der Waals surface area contributed by atoms with Crippen LogP contribution in [0, 0.1) is 6.92 Å². The molecule has 0 spiro atoms. The van der Waals surface area contributed by atoms with E-state index in [2.05, 4.69) is 4.98 Å². The molecule has 7 heteroatoms. The standard InChI is InChI=1S/C11H14F3N3O/c1-8-6-9(2-4-16-8)10(18)17(5-3-15)7-11(12,13)14/h2,4,6H,3,5,7,15H2,1H3. The highest BCUT2D eigenvalue weighted by Gasteiger charge is 2.33. The number of halogens is 3. The van der Waals surface area contributed by atoms with Crippen LogP contribution in [-0.4, -0.2) is 41.6 Å². The van der Waals surface area contributed by atoms with Crippen LogP contribution in [0.15, 0.2) is 18.3 Å². The van der Waals surface area contributed by atoms with E-state index in [-0.39, 0.29) is 18.7 Å².